The van der Waals surface area contributed by atoms with Crippen molar-refractivity contribution >= 4 is 41.9 Å². The summed E-state index contributed by atoms with van der Waals surface area (Å²) in [6, 6.07) is 3.27. The molecule has 0 saturated heterocycles. The Morgan fingerprint density at radius 2 is 1.76 bits per heavy atom. The number of alkyl carbamates (subject to hydrolysis) is 1. The molecular weight excluding hydrogens is 489 g/mol. The van der Waals surface area contributed by atoms with Crippen molar-refractivity contribution < 1.29 is 18.7 Å². The molecule has 10 heteroatoms. The zero-order valence-electron chi connectivity index (χ0n) is 18.0. The van der Waals surface area contributed by atoms with Gasteiger partial charge in [-0.1, -0.05) is 0 Å². The van der Waals surface area contributed by atoms with Gasteiger partial charge >= 0.3 is 6.09 Å². The van der Waals surface area contributed by atoms with Crippen LogP contribution in [0.2, 0.25) is 0 Å². The van der Waals surface area contributed by atoms with Gasteiger partial charge in [0, 0.05) is 19.6 Å². The minimum Gasteiger partial charge on any atom is -0.459 e. The van der Waals surface area contributed by atoms with Gasteiger partial charge in [0.15, 0.2) is 11.7 Å². The number of carbonyl (C=O) groups excluding carboxylic acids is 2. The molecule has 0 aliphatic carbocycles. The normalized spacial score (nSPS) is 11.9. The van der Waals surface area contributed by atoms with Crippen molar-refractivity contribution in [1.29, 1.82) is 0 Å². The first-order valence-corrected chi connectivity index (χ1v) is 9.37. The highest BCUT2D eigenvalue weighted by Gasteiger charge is 2.24. The van der Waals surface area contributed by atoms with E-state index >= 15 is 0 Å². The molecule has 0 aliphatic rings. The van der Waals surface area contributed by atoms with Crippen molar-refractivity contribution in [2.75, 3.05) is 26.2 Å². The van der Waals surface area contributed by atoms with Gasteiger partial charge in [-0.2, -0.15) is 0 Å². The van der Waals surface area contributed by atoms with Crippen LogP contribution < -0.4 is 21.3 Å². The minimum atomic E-state index is -0.585. The largest absolute Gasteiger partial charge is 0.459 e. The number of nitrogens with one attached hydrogen (secondary N) is 4. The van der Waals surface area contributed by atoms with Crippen LogP contribution in [0.15, 0.2) is 27.8 Å². The first-order valence-electron chi connectivity index (χ1n) is 9.37. The van der Waals surface area contributed by atoms with Gasteiger partial charge in [0.25, 0.3) is 5.91 Å². The standard InChI is InChI=1S/C19H33N5O4.HI/c1-7-20-16(22-11-10-21-15(25)14-9-8-12-27-14)23-13-19(5,6)24-17(26)28-18(2,3)4;/h8-9,12H,7,10-11,13H2,1-6H3,(H,21,25)(H,24,26)(H2,20,22,23);1H. The first kappa shape index (κ1) is 27.0. The van der Waals surface area contributed by atoms with Gasteiger partial charge < -0.3 is 30.4 Å². The zero-order valence-corrected chi connectivity index (χ0v) is 20.4. The van der Waals surface area contributed by atoms with Crippen LogP contribution in [-0.4, -0.2) is 55.3 Å². The number of guanidine groups is 1. The lowest BCUT2D eigenvalue weighted by Crippen LogP contribution is -2.49. The number of carbonyl (C=O) groups is 2. The van der Waals surface area contributed by atoms with Crippen LogP contribution in [0, 0.1) is 0 Å². The number of halogens is 1. The molecule has 1 aromatic heterocycles. The van der Waals surface area contributed by atoms with E-state index < -0.39 is 17.2 Å². The van der Waals surface area contributed by atoms with Gasteiger partial charge in [-0.15, -0.1) is 24.0 Å². The number of hydrogen-bond donors (Lipinski definition) is 4. The number of hydrogen-bond acceptors (Lipinski definition) is 5. The van der Waals surface area contributed by atoms with Gasteiger partial charge in [0.05, 0.1) is 18.3 Å². The maximum Gasteiger partial charge on any atom is 0.408 e. The fraction of sp³-hybridized carbons (Fsp3) is 0.632. The van der Waals surface area contributed by atoms with Crippen molar-refractivity contribution in [3.63, 3.8) is 0 Å². The summed E-state index contributed by atoms with van der Waals surface area (Å²) in [7, 11) is 0. The van der Waals surface area contributed by atoms with Crippen molar-refractivity contribution in [3.05, 3.63) is 24.2 Å². The lowest BCUT2D eigenvalue weighted by atomic mass is 10.1. The summed E-state index contributed by atoms with van der Waals surface area (Å²) in [6.45, 7) is 13.1. The Labute approximate surface area is 189 Å². The molecule has 2 amide bonds. The molecular formula is C19H34IN5O4. The Kier molecular flexibility index (Phi) is 11.7. The highest BCUT2D eigenvalue weighted by molar-refractivity contribution is 14.0. The molecule has 0 fully saturated rings. The highest BCUT2D eigenvalue weighted by atomic mass is 127. The van der Waals surface area contributed by atoms with Crippen LogP contribution in [0.4, 0.5) is 4.79 Å². The molecule has 0 unspecified atom stereocenters. The SMILES string of the molecule is CCNC(=NCC(C)(C)NC(=O)OC(C)(C)C)NCCNC(=O)c1ccco1.I. The monoisotopic (exact) mass is 523 g/mol. The second-order valence-electron chi connectivity index (χ2n) is 7.87. The summed E-state index contributed by atoms with van der Waals surface area (Å²) < 4.78 is 10.3. The van der Waals surface area contributed by atoms with Crippen LogP contribution in [0.1, 0.15) is 52.1 Å². The van der Waals surface area contributed by atoms with Gasteiger partial charge in [-0.25, -0.2) is 4.79 Å². The predicted octanol–water partition coefficient (Wildman–Crippen LogP) is 2.49. The van der Waals surface area contributed by atoms with Crippen molar-refractivity contribution in [3.8, 4) is 0 Å². The molecule has 1 aromatic rings. The molecule has 0 spiro atoms. The number of nitrogens with zero attached hydrogens (tertiary/aromatic N) is 1. The fourth-order valence-electron chi connectivity index (χ4n) is 2.09. The smallest absolute Gasteiger partial charge is 0.408 e. The number of rotatable bonds is 8. The molecule has 0 bridgehead atoms. The quantitative estimate of drug-likeness (QED) is 0.180. The van der Waals surface area contributed by atoms with E-state index in [1.165, 1.54) is 6.26 Å². The van der Waals surface area contributed by atoms with Crippen LogP contribution in [0.3, 0.4) is 0 Å². The minimum absolute atomic E-state index is 0. The third kappa shape index (κ3) is 12.2. The summed E-state index contributed by atoms with van der Waals surface area (Å²) in [5.74, 6) is 0.598. The summed E-state index contributed by atoms with van der Waals surface area (Å²) in [4.78, 5) is 28.3. The molecule has 0 atom stereocenters. The zero-order chi connectivity index (χ0) is 21.2. The molecule has 0 aromatic carbocycles. The molecule has 0 saturated carbocycles. The van der Waals surface area contributed by atoms with E-state index in [-0.39, 0.29) is 35.6 Å². The maximum absolute atomic E-state index is 12.0. The van der Waals surface area contributed by atoms with E-state index in [0.717, 1.165) is 0 Å². The van der Waals surface area contributed by atoms with E-state index in [2.05, 4.69) is 26.3 Å². The van der Waals surface area contributed by atoms with Crippen molar-refractivity contribution in [1.82, 2.24) is 21.3 Å². The van der Waals surface area contributed by atoms with E-state index in [1.54, 1.807) is 12.1 Å². The first-order chi connectivity index (χ1) is 13.0. The molecule has 0 aliphatic heterocycles. The lowest BCUT2D eigenvalue weighted by molar-refractivity contribution is 0.0476. The van der Waals surface area contributed by atoms with E-state index in [0.29, 0.717) is 32.1 Å². The molecule has 4 N–H and O–H groups in total. The van der Waals surface area contributed by atoms with Crippen LogP contribution in [0.5, 0.6) is 0 Å². The molecule has 9 nitrogen and oxygen atoms in total. The Bertz CT molecular complexity index is 654. The number of ether oxygens (including phenoxy) is 1. The van der Waals surface area contributed by atoms with Gasteiger partial charge in [-0.05, 0) is 53.7 Å². The van der Waals surface area contributed by atoms with Gasteiger partial charge in [-0.3, -0.25) is 9.79 Å². The van der Waals surface area contributed by atoms with Gasteiger partial charge in [0.2, 0.25) is 0 Å². The summed E-state index contributed by atoms with van der Waals surface area (Å²) in [5.41, 5.74) is -1.14. The number of amides is 2. The molecule has 1 rings (SSSR count). The molecule has 166 valence electrons. The summed E-state index contributed by atoms with van der Waals surface area (Å²) in [6.07, 6.45) is 0.974. The van der Waals surface area contributed by atoms with Crippen LogP contribution in [0.25, 0.3) is 0 Å². The second-order valence-corrected chi connectivity index (χ2v) is 7.87. The van der Waals surface area contributed by atoms with E-state index in [9.17, 15) is 9.59 Å². The Hall–Kier alpha value is -1.98. The van der Waals surface area contributed by atoms with Crippen LogP contribution in [-0.2, 0) is 4.74 Å². The fourth-order valence-corrected chi connectivity index (χ4v) is 2.09. The number of furan rings is 1. The van der Waals surface area contributed by atoms with Crippen LogP contribution >= 0.6 is 24.0 Å². The summed E-state index contributed by atoms with van der Waals surface area (Å²) in [5, 5.41) is 11.8. The predicted molar refractivity (Wildman–Crippen MR) is 124 cm³/mol. The third-order valence-electron chi connectivity index (χ3n) is 3.26. The second kappa shape index (κ2) is 12.6. The van der Waals surface area contributed by atoms with E-state index in [1.807, 2.05) is 41.5 Å². The average Bonchev–Trinajstić information content (AvgIpc) is 3.08. The van der Waals surface area contributed by atoms with Gasteiger partial charge in [0.1, 0.15) is 5.60 Å². The molecule has 29 heavy (non-hydrogen) atoms. The molecule has 0 radical (unpaired) electrons. The Morgan fingerprint density at radius 1 is 1.10 bits per heavy atom. The average molecular weight is 523 g/mol. The summed E-state index contributed by atoms with van der Waals surface area (Å²) >= 11 is 0. The van der Waals surface area contributed by atoms with Crippen molar-refractivity contribution in [2.24, 2.45) is 4.99 Å². The molecule has 1 heterocycles. The topological polar surface area (TPSA) is 117 Å². The third-order valence-corrected chi connectivity index (χ3v) is 3.26. The Morgan fingerprint density at radius 3 is 2.31 bits per heavy atom. The highest BCUT2D eigenvalue weighted by Crippen LogP contribution is 2.09. The van der Waals surface area contributed by atoms with E-state index in [4.69, 9.17) is 9.15 Å². The maximum atomic E-state index is 12.0. The Balaban J connectivity index is 0.00000784. The number of aliphatic imine (C=N–C) groups is 1. The lowest BCUT2D eigenvalue weighted by Gasteiger charge is -2.27. The van der Waals surface area contributed by atoms with Crippen molar-refractivity contribution in [2.45, 2.75) is 52.7 Å².